The summed E-state index contributed by atoms with van der Waals surface area (Å²) in [5.74, 6) is 1.62. The maximum Gasteiger partial charge on any atom is 0.263 e. The molecule has 2 aliphatic carbocycles. The van der Waals surface area contributed by atoms with Gasteiger partial charge in [0.25, 0.3) is 5.56 Å². The van der Waals surface area contributed by atoms with Crippen LogP contribution in [0.25, 0.3) is 10.9 Å². The fourth-order valence-electron chi connectivity index (χ4n) is 7.47. The molecule has 1 saturated heterocycles. The lowest BCUT2D eigenvalue weighted by Crippen LogP contribution is -2.45. The summed E-state index contributed by atoms with van der Waals surface area (Å²) in [7, 11) is 0. The average Bonchev–Trinajstić information content (AvgIpc) is 3.22. The fourth-order valence-corrected chi connectivity index (χ4v) is 8.55. The lowest BCUT2D eigenvalue weighted by Gasteiger charge is -2.39. The molecule has 2 heterocycles. The maximum atomic E-state index is 13.6. The quantitative estimate of drug-likeness (QED) is 0.216. The van der Waals surface area contributed by atoms with Crippen molar-refractivity contribution in [2.45, 2.75) is 109 Å². The van der Waals surface area contributed by atoms with Gasteiger partial charge >= 0.3 is 0 Å². The first-order valence-corrected chi connectivity index (χ1v) is 15.8. The largest absolute Gasteiger partial charge is 0.313 e. The number of hydrogen-bond acceptors (Lipinski definition) is 6. The monoisotopic (exact) mass is 552 g/mol. The molecular formula is C31H44N4O3S. The molecule has 0 unspecified atom stereocenters. The number of aryl methyl sites for hydroxylation is 1. The molecule has 0 radical (unpaired) electrons. The summed E-state index contributed by atoms with van der Waals surface area (Å²) >= 11 is 1.70. The normalized spacial score (nSPS) is 27.8. The Kier molecular flexibility index (Phi) is 8.25. The zero-order chi connectivity index (χ0) is 27.8. The number of aromatic nitrogens is 2. The Morgan fingerprint density at radius 2 is 1.85 bits per heavy atom. The second kappa shape index (κ2) is 11.4. The molecule has 2 saturated carbocycles. The maximum absolute atomic E-state index is 13.6. The summed E-state index contributed by atoms with van der Waals surface area (Å²) in [6, 6.07) is 5.76. The third-order valence-corrected chi connectivity index (χ3v) is 11.5. The highest BCUT2D eigenvalue weighted by molar-refractivity contribution is 7.99. The SMILES string of the molecule is Cc1nc2cccc(SCCCCCCCN[C@H]3C[C@H]4CC[C@]3(C)C4(C)C)c2c(=O)n1[C@H]1CCC(=O)NC1=O. The third-order valence-electron chi connectivity index (χ3n) is 10.4. The summed E-state index contributed by atoms with van der Waals surface area (Å²) in [6.45, 7) is 10.3. The van der Waals surface area contributed by atoms with E-state index in [0.717, 1.165) is 29.5 Å². The summed E-state index contributed by atoms with van der Waals surface area (Å²) in [4.78, 5) is 43.2. The minimum Gasteiger partial charge on any atom is -0.313 e. The highest BCUT2D eigenvalue weighted by Crippen LogP contribution is 2.65. The highest BCUT2D eigenvalue weighted by atomic mass is 32.2. The minimum atomic E-state index is -0.696. The van der Waals surface area contributed by atoms with Gasteiger partial charge in [-0.15, -0.1) is 11.8 Å². The van der Waals surface area contributed by atoms with Crippen LogP contribution in [-0.4, -0.2) is 39.7 Å². The minimum absolute atomic E-state index is 0.199. The van der Waals surface area contributed by atoms with E-state index in [1.807, 2.05) is 18.2 Å². The van der Waals surface area contributed by atoms with Gasteiger partial charge in [0.15, 0.2) is 0 Å². The number of unbranched alkanes of at least 4 members (excludes halogenated alkanes) is 4. The molecule has 2 aromatic rings. The van der Waals surface area contributed by atoms with Gasteiger partial charge in [-0.25, -0.2) is 4.98 Å². The van der Waals surface area contributed by atoms with Gasteiger partial charge in [0.1, 0.15) is 11.9 Å². The first-order valence-electron chi connectivity index (χ1n) is 14.9. The number of amides is 2. The third kappa shape index (κ3) is 5.31. The molecule has 8 heteroatoms. The van der Waals surface area contributed by atoms with Crippen LogP contribution in [0.15, 0.2) is 27.9 Å². The van der Waals surface area contributed by atoms with E-state index >= 15 is 0 Å². The molecule has 1 aliphatic heterocycles. The number of benzene rings is 1. The van der Waals surface area contributed by atoms with Crippen LogP contribution in [0.3, 0.4) is 0 Å². The molecule has 1 aromatic carbocycles. The molecule has 2 bridgehead atoms. The lowest BCUT2D eigenvalue weighted by molar-refractivity contribution is -0.135. The van der Waals surface area contributed by atoms with Crippen molar-refractivity contribution in [2.24, 2.45) is 16.7 Å². The number of carbonyl (C=O) groups is 2. The number of nitrogens with zero attached hydrogens (tertiary/aromatic N) is 2. The number of imide groups is 1. The van der Waals surface area contributed by atoms with Gasteiger partial charge in [0.05, 0.1) is 10.9 Å². The fraction of sp³-hybridized carbons (Fsp3) is 0.677. The molecule has 2 N–H and O–H groups in total. The van der Waals surface area contributed by atoms with E-state index in [4.69, 9.17) is 0 Å². The molecule has 3 fully saturated rings. The van der Waals surface area contributed by atoms with Crippen molar-refractivity contribution in [1.29, 1.82) is 0 Å². The van der Waals surface area contributed by atoms with Crippen LogP contribution >= 0.6 is 11.8 Å². The van der Waals surface area contributed by atoms with Crippen LogP contribution in [0.5, 0.6) is 0 Å². The van der Waals surface area contributed by atoms with Crippen LogP contribution in [0.4, 0.5) is 0 Å². The molecule has 3 aliphatic rings. The number of nitrogens with one attached hydrogen (secondary N) is 2. The number of fused-ring (bicyclic) bond motifs is 3. The van der Waals surface area contributed by atoms with Crippen molar-refractivity contribution < 1.29 is 9.59 Å². The molecule has 39 heavy (non-hydrogen) atoms. The first-order chi connectivity index (χ1) is 18.6. The molecule has 0 spiro atoms. The van der Waals surface area contributed by atoms with E-state index in [0.29, 0.717) is 40.0 Å². The van der Waals surface area contributed by atoms with Gasteiger partial charge in [-0.05, 0) is 86.6 Å². The summed E-state index contributed by atoms with van der Waals surface area (Å²) < 4.78 is 1.47. The summed E-state index contributed by atoms with van der Waals surface area (Å²) in [6.07, 6.45) is 10.7. The van der Waals surface area contributed by atoms with Crippen LogP contribution in [0.2, 0.25) is 0 Å². The second-order valence-corrected chi connectivity index (χ2v) is 13.8. The topological polar surface area (TPSA) is 93.1 Å². The van der Waals surface area contributed by atoms with E-state index in [2.05, 4.69) is 36.4 Å². The van der Waals surface area contributed by atoms with Crippen LogP contribution in [-0.2, 0) is 9.59 Å². The Hall–Kier alpha value is -2.19. The van der Waals surface area contributed by atoms with E-state index in [1.165, 1.54) is 49.5 Å². The number of hydrogen-bond donors (Lipinski definition) is 2. The first kappa shape index (κ1) is 28.3. The number of thioether (sulfide) groups is 1. The van der Waals surface area contributed by atoms with Crippen LogP contribution in [0, 0.1) is 23.7 Å². The van der Waals surface area contributed by atoms with Gasteiger partial charge in [0, 0.05) is 17.4 Å². The number of rotatable bonds is 11. The van der Waals surface area contributed by atoms with Crippen LogP contribution < -0.4 is 16.2 Å². The summed E-state index contributed by atoms with van der Waals surface area (Å²) in [5.41, 5.74) is 1.39. The lowest BCUT2D eigenvalue weighted by atomic mass is 9.69. The van der Waals surface area contributed by atoms with E-state index in [9.17, 15) is 14.4 Å². The van der Waals surface area contributed by atoms with Crippen molar-refractivity contribution in [1.82, 2.24) is 20.2 Å². The van der Waals surface area contributed by atoms with Crippen LogP contribution in [0.1, 0.15) is 96.8 Å². The van der Waals surface area contributed by atoms with Gasteiger partial charge in [-0.1, -0.05) is 46.1 Å². The molecular weight excluding hydrogens is 508 g/mol. The van der Waals surface area contributed by atoms with Gasteiger partial charge in [-0.3, -0.25) is 24.3 Å². The average molecular weight is 553 g/mol. The van der Waals surface area contributed by atoms with Crippen molar-refractivity contribution in [3.63, 3.8) is 0 Å². The Morgan fingerprint density at radius 3 is 2.56 bits per heavy atom. The van der Waals surface area contributed by atoms with Crippen molar-refractivity contribution >= 4 is 34.5 Å². The molecule has 212 valence electrons. The van der Waals surface area contributed by atoms with Gasteiger partial charge in [-0.2, -0.15) is 0 Å². The van der Waals surface area contributed by atoms with E-state index < -0.39 is 11.9 Å². The molecule has 4 atom stereocenters. The zero-order valence-electron chi connectivity index (χ0n) is 24.0. The number of piperidine rings is 1. The van der Waals surface area contributed by atoms with Crippen molar-refractivity contribution in [2.75, 3.05) is 12.3 Å². The van der Waals surface area contributed by atoms with E-state index in [1.54, 1.807) is 18.7 Å². The Bertz CT molecular complexity index is 1300. The molecule has 7 nitrogen and oxygen atoms in total. The van der Waals surface area contributed by atoms with Gasteiger partial charge in [0.2, 0.25) is 11.8 Å². The Labute approximate surface area is 236 Å². The molecule has 2 amide bonds. The Morgan fingerprint density at radius 1 is 1.08 bits per heavy atom. The predicted molar refractivity (Wildman–Crippen MR) is 157 cm³/mol. The van der Waals surface area contributed by atoms with Crippen molar-refractivity contribution in [3.8, 4) is 0 Å². The van der Waals surface area contributed by atoms with Gasteiger partial charge < -0.3 is 5.32 Å². The molecule has 5 rings (SSSR count). The standard InChI is InChI=1S/C31H44N4O3S/c1-20-33-22-11-10-12-24(27(22)29(38)35(20)23-13-14-26(36)34-28(23)37)39-18-9-7-5-6-8-17-32-25-19-21-15-16-31(25,4)30(21,2)3/h10-12,21,23,25,32H,5-9,13-19H2,1-4H3,(H,34,36,37)/t21-,23+,25+,31+/m1/s1. The second-order valence-electron chi connectivity index (χ2n) is 12.7. The van der Waals surface area contributed by atoms with Crippen molar-refractivity contribution in [3.05, 3.63) is 34.4 Å². The predicted octanol–water partition coefficient (Wildman–Crippen LogP) is 5.53. The summed E-state index contributed by atoms with van der Waals surface area (Å²) in [5, 5.41) is 6.84. The highest BCUT2D eigenvalue weighted by Gasteiger charge is 2.60. The number of carbonyl (C=O) groups excluding carboxylic acids is 2. The Balaban J connectivity index is 1.09. The molecule has 1 aromatic heterocycles. The smallest absolute Gasteiger partial charge is 0.263 e. The zero-order valence-corrected chi connectivity index (χ0v) is 24.8. The van der Waals surface area contributed by atoms with E-state index in [-0.39, 0.29) is 17.9 Å².